The van der Waals surface area contributed by atoms with Crippen LogP contribution >= 0.6 is 11.6 Å². The third-order valence-corrected chi connectivity index (χ3v) is 4.21. The number of fused-ring (bicyclic) bond motifs is 1. The number of aromatic nitrogens is 2. The molecule has 0 unspecified atom stereocenters. The first-order chi connectivity index (χ1) is 12.5. The van der Waals surface area contributed by atoms with Gasteiger partial charge >= 0.3 is 0 Å². The third kappa shape index (κ3) is 3.99. The summed E-state index contributed by atoms with van der Waals surface area (Å²) in [5.74, 6) is 2.71. The van der Waals surface area contributed by atoms with Crippen LogP contribution in [0.2, 0.25) is 5.15 Å². The Hall–Kier alpha value is -2.53. The van der Waals surface area contributed by atoms with Gasteiger partial charge in [-0.2, -0.15) is 0 Å². The summed E-state index contributed by atoms with van der Waals surface area (Å²) in [6.07, 6.45) is 1.76. The molecule has 0 atom stereocenters. The number of benzene rings is 1. The topological polar surface area (TPSA) is 56.3 Å². The third-order valence-electron chi connectivity index (χ3n) is 4.01. The summed E-state index contributed by atoms with van der Waals surface area (Å²) >= 11 is 6.09. The Labute approximate surface area is 158 Å². The zero-order valence-corrected chi connectivity index (χ0v) is 16.1. The first kappa shape index (κ1) is 18.3. The highest BCUT2D eigenvalue weighted by Gasteiger charge is 2.12. The SMILES string of the molecule is COc1cc(OC)cc(-c2cc3cnc(Cl)cc3c(NCC(C)C)n2)c1. The minimum atomic E-state index is 0.447. The minimum absolute atomic E-state index is 0.447. The number of hydrogen-bond donors (Lipinski definition) is 1. The Morgan fingerprint density at radius 2 is 1.73 bits per heavy atom. The second-order valence-corrected chi connectivity index (χ2v) is 6.85. The molecule has 2 heterocycles. The van der Waals surface area contributed by atoms with Gasteiger partial charge in [-0.3, -0.25) is 0 Å². The van der Waals surface area contributed by atoms with Crippen LogP contribution in [0, 0.1) is 5.92 Å². The van der Waals surface area contributed by atoms with Crippen molar-refractivity contribution in [1.82, 2.24) is 9.97 Å². The van der Waals surface area contributed by atoms with Crippen molar-refractivity contribution in [3.8, 4) is 22.8 Å². The van der Waals surface area contributed by atoms with Crippen LogP contribution in [-0.2, 0) is 0 Å². The summed E-state index contributed by atoms with van der Waals surface area (Å²) in [5, 5.41) is 5.78. The summed E-state index contributed by atoms with van der Waals surface area (Å²) in [7, 11) is 3.27. The van der Waals surface area contributed by atoms with E-state index in [1.807, 2.05) is 30.3 Å². The van der Waals surface area contributed by atoms with Crippen molar-refractivity contribution in [3.05, 3.63) is 41.7 Å². The standard InChI is InChI=1S/C20H22ClN3O2/c1-12(2)10-23-20-17-9-19(21)22-11-14(17)7-18(24-20)13-5-15(25-3)8-16(6-13)26-4/h5-9,11-12H,10H2,1-4H3,(H,23,24). The van der Waals surface area contributed by atoms with Crippen LogP contribution in [0.3, 0.4) is 0 Å². The maximum Gasteiger partial charge on any atom is 0.134 e. The fraction of sp³-hybridized carbons (Fsp3) is 0.300. The van der Waals surface area contributed by atoms with Gasteiger partial charge in [-0.15, -0.1) is 0 Å². The van der Waals surface area contributed by atoms with E-state index in [9.17, 15) is 0 Å². The lowest BCUT2D eigenvalue weighted by atomic mass is 10.1. The van der Waals surface area contributed by atoms with E-state index in [2.05, 4.69) is 24.1 Å². The first-order valence-corrected chi connectivity index (χ1v) is 8.81. The number of halogens is 1. The molecule has 0 radical (unpaired) electrons. The smallest absolute Gasteiger partial charge is 0.134 e. The summed E-state index contributed by atoms with van der Waals surface area (Å²) in [6.45, 7) is 5.12. The second-order valence-electron chi connectivity index (χ2n) is 6.46. The molecule has 3 rings (SSSR count). The maximum absolute atomic E-state index is 6.09. The van der Waals surface area contributed by atoms with Gasteiger partial charge in [0, 0.05) is 35.1 Å². The highest BCUT2D eigenvalue weighted by molar-refractivity contribution is 6.30. The van der Waals surface area contributed by atoms with E-state index in [0.717, 1.165) is 34.4 Å². The summed E-state index contributed by atoms with van der Waals surface area (Å²) in [5.41, 5.74) is 1.72. The van der Waals surface area contributed by atoms with E-state index >= 15 is 0 Å². The number of nitrogens with one attached hydrogen (secondary N) is 1. The number of anilines is 1. The van der Waals surface area contributed by atoms with Gasteiger partial charge in [0.2, 0.25) is 0 Å². The molecule has 2 aromatic heterocycles. The van der Waals surface area contributed by atoms with Gasteiger partial charge in [-0.25, -0.2) is 9.97 Å². The Bertz CT molecular complexity index is 906. The summed E-state index contributed by atoms with van der Waals surface area (Å²) in [4.78, 5) is 9.03. The molecule has 0 fully saturated rings. The fourth-order valence-electron chi connectivity index (χ4n) is 2.66. The zero-order valence-electron chi connectivity index (χ0n) is 15.3. The molecule has 136 valence electrons. The highest BCUT2D eigenvalue weighted by Crippen LogP contribution is 2.33. The maximum atomic E-state index is 6.09. The van der Waals surface area contributed by atoms with Crippen LogP contribution in [-0.4, -0.2) is 30.7 Å². The summed E-state index contributed by atoms with van der Waals surface area (Å²) < 4.78 is 10.8. The molecule has 3 aromatic rings. The molecule has 1 N–H and O–H groups in total. The van der Waals surface area contributed by atoms with E-state index in [0.29, 0.717) is 22.6 Å². The lowest BCUT2D eigenvalue weighted by Gasteiger charge is -2.14. The van der Waals surface area contributed by atoms with Gasteiger partial charge in [0.1, 0.15) is 22.5 Å². The molecular formula is C20H22ClN3O2. The van der Waals surface area contributed by atoms with Gasteiger partial charge in [-0.05, 0) is 30.2 Å². The van der Waals surface area contributed by atoms with Gasteiger partial charge < -0.3 is 14.8 Å². The Morgan fingerprint density at radius 1 is 1.04 bits per heavy atom. The number of hydrogen-bond acceptors (Lipinski definition) is 5. The molecule has 0 aliphatic heterocycles. The Morgan fingerprint density at radius 3 is 2.35 bits per heavy atom. The van der Waals surface area contributed by atoms with E-state index < -0.39 is 0 Å². The van der Waals surface area contributed by atoms with Crippen LogP contribution in [0.5, 0.6) is 11.5 Å². The number of methoxy groups -OCH3 is 2. The minimum Gasteiger partial charge on any atom is -0.497 e. The molecule has 0 bridgehead atoms. The molecule has 0 aliphatic carbocycles. The molecule has 0 amide bonds. The lowest BCUT2D eigenvalue weighted by Crippen LogP contribution is -2.10. The van der Waals surface area contributed by atoms with Crippen molar-refractivity contribution in [2.45, 2.75) is 13.8 Å². The van der Waals surface area contributed by atoms with Crippen LogP contribution in [0.4, 0.5) is 5.82 Å². The van der Waals surface area contributed by atoms with E-state index in [1.165, 1.54) is 0 Å². The molecule has 5 nitrogen and oxygen atoms in total. The van der Waals surface area contributed by atoms with Gasteiger partial charge in [0.05, 0.1) is 19.9 Å². The Kier molecular flexibility index (Phi) is 5.47. The van der Waals surface area contributed by atoms with Crippen LogP contribution < -0.4 is 14.8 Å². The van der Waals surface area contributed by atoms with E-state index in [-0.39, 0.29) is 0 Å². The second kappa shape index (κ2) is 7.79. The molecule has 0 saturated heterocycles. The average Bonchev–Trinajstić information content (AvgIpc) is 2.65. The van der Waals surface area contributed by atoms with Gasteiger partial charge in [0.15, 0.2) is 0 Å². The predicted molar refractivity (Wildman–Crippen MR) is 106 cm³/mol. The quantitative estimate of drug-likeness (QED) is 0.615. The van der Waals surface area contributed by atoms with Crippen molar-refractivity contribution in [3.63, 3.8) is 0 Å². The van der Waals surface area contributed by atoms with Crippen LogP contribution in [0.1, 0.15) is 13.8 Å². The van der Waals surface area contributed by atoms with Crippen molar-refractivity contribution in [2.75, 3.05) is 26.1 Å². The summed E-state index contributed by atoms with van der Waals surface area (Å²) in [6, 6.07) is 9.54. The zero-order chi connectivity index (χ0) is 18.7. The number of ether oxygens (including phenoxy) is 2. The molecule has 0 spiro atoms. The largest absolute Gasteiger partial charge is 0.497 e. The highest BCUT2D eigenvalue weighted by atomic mass is 35.5. The first-order valence-electron chi connectivity index (χ1n) is 8.43. The molecule has 26 heavy (non-hydrogen) atoms. The number of pyridine rings is 2. The van der Waals surface area contributed by atoms with E-state index in [4.69, 9.17) is 26.1 Å². The molecule has 6 heteroatoms. The fourth-order valence-corrected chi connectivity index (χ4v) is 2.82. The van der Waals surface area contributed by atoms with Gasteiger partial charge in [-0.1, -0.05) is 25.4 Å². The monoisotopic (exact) mass is 371 g/mol. The molecule has 0 saturated carbocycles. The van der Waals surface area contributed by atoms with Crippen molar-refractivity contribution in [1.29, 1.82) is 0 Å². The van der Waals surface area contributed by atoms with Gasteiger partial charge in [0.25, 0.3) is 0 Å². The van der Waals surface area contributed by atoms with Crippen LogP contribution in [0.25, 0.3) is 22.0 Å². The van der Waals surface area contributed by atoms with Crippen molar-refractivity contribution < 1.29 is 9.47 Å². The van der Waals surface area contributed by atoms with Crippen LogP contribution in [0.15, 0.2) is 36.5 Å². The number of nitrogens with zero attached hydrogens (tertiary/aromatic N) is 2. The predicted octanol–water partition coefficient (Wildman–Crippen LogP) is 5.04. The average molecular weight is 372 g/mol. The molecule has 0 aliphatic rings. The normalized spacial score (nSPS) is 11.0. The van der Waals surface area contributed by atoms with Crippen molar-refractivity contribution in [2.24, 2.45) is 5.92 Å². The molecule has 1 aromatic carbocycles. The number of rotatable bonds is 6. The van der Waals surface area contributed by atoms with Crippen molar-refractivity contribution >= 4 is 28.2 Å². The van der Waals surface area contributed by atoms with E-state index in [1.54, 1.807) is 20.4 Å². The molecular weight excluding hydrogens is 350 g/mol. The lowest BCUT2D eigenvalue weighted by molar-refractivity contribution is 0.394. The Balaban J connectivity index is 2.16.